The van der Waals surface area contributed by atoms with Gasteiger partial charge in [0.1, 0.15) is 5.75 Å². The topological polar surface area (TPSA) is 9.23 Å². The lowest BCUT2D eigenvalue weighted by atomic mass is 10.2. The van der Waals surface area contributed by atoms with Crippen LogP contribution in [-0.4, -0.2) is 0 Å². The molecule has 0 aromatic heterocycles. The van der Waals surface area contributed by atoms with Gasteiger partial charge >= 0.3 is 0 Å². The third-order valence-corrected chi connectivity index (χ3v) is 3.34. The molecule has 0 saturated carbocycles. The first-order chi connectivity index (χ1) is 8.61. The van der Waals surface area contributed by atoms with Gasteiger partial charge in [-0.25, -0.2) is 4.39 Å². The Morgan fingerprint density at radius 3 is 2.61 bits per heavy atom. The second kappa shape index (κ2) is 5.67. The average molecular weight is 334 g/mol. The lowest BCUT2D eigenvalue weighted by Crippen LogP contribution is -1.92. The van der Waals surface area contributed by atoms with E-state index in [0.717, 1.165) is 16.1 Å². The van der Waals surface area contributed by atoms with Crippen LogP contribution in [0.3, 0.4) is 0 Å². The van der Waals surface area contributed by atoms with Gasteiger partial charge in [-0.2, -0.15) is 4.39 Å². The molecule has 5 heteroatoms. The molecule has 0 aliphatic rings. The van der Waals surface area contributed by atoms with Crippen molar-refractivity contribution in [2.45, 2.75) is 5.88 Å². The van der Waals surface area contributed by atoms with Gasteiger partial charge in [0.15, 0.2) is 11.6 Å². The van der Waals surface area contributed by atoms with Crippen LogP contribution in [0.15, 0.2) is 40.9 Å². The summed E-state index contributed by atoms with van der Waals surface area (Å²) in [6, 6.07) is 8.84. The number of rotatable bonds is 3. The van der Waals surface area contributed by atoms with Crippen LogP contribution < -0.4 is 4.74 Å². The second-order valence-electron chi connectivity index (χ2n) is 3.54. The van der Waals surface area contributed by atoms with E-state index < -0.39 is 11.6 Å². The van der Waals surface area contributed by atoms with E-state index in [9.17, 15) is 8.78 Å². The summed E-state index contributed by atoms with van der Waals surface area (Å²) in [4.78, 5) is 0. The van der Waals surface area contributed by atoms with Crippen LogP contribution in [0.5, 0.6) is 11.5 Å². The molecule has 0 fully saturated rings. The first-order valence-corrected chi connectivity index (χ1v) is 6.41. The van der Waals surface area contributed by atoms with Crippen LogP contribution in [0.2, 0.25) is 0 Å². The zero-order valence-corrected chi connectivity index (χ0v) is 11.4. The Balaban J connectivity index is 2.29. The molecule has 0 heterocycles. The molecule has 0 aliphatic carbocycles. The van der Waals surface area contributed by atoms with Crippen molar-refractivity contribution >= 4 is 27.5 Å². The van der Waals surface area contributed by atoms with E-state index in [2.05, 4.69) is 15.9 Å². The Morgan fingerprint density at radius 1 is 1.17 bits per heavy atom. The van der Waals surface area contributed by atoms with Crippen LogP contribution in [0.1, 0.15) is 5.56 Å². The van der Waals surface area contributed by atoms with E-state index in [1.54, 1.807) is 18.2 Å². The van der Waals surface area contributed by atoms with Gasteiger partial charge in [0.25, 0.3) is 0 Å². The number of hydrogen-bond acceptors (Lipinski definition) is 1. The molecule has 0 aliphatic heterocycles. The van der Waals surface area contributed by atoms with Crippen LogP contribution >= 0.6 is 27.5 Å². The Hall–Kier alpha value is -1.13. The van der Waals surface area contributed by atoms with E-state index in [0.29, 0.717) is 11.6 Å². The molecule has 0 amide bonds. The summed E-state index contributed by atoms with van der Waals surface area (Å²) >= 11 is 9.03. The molecule has 0 bridgehead atoms. The summed E-state index contributed by atoms with van der Waals surface area (Å²) in [7, 11) is 0. The van der Waals surface area contributed by atoms with Gasteiger partial charge in [-0.1, -0.05) is 28.1 Å². The molecule has 2 aromatic rings. The fourth-order valence-corrected chi connectivity index (χ4v) is 2.28. The smallest absolute Gasteiger partial charge is 0.201 e. The molecular weight excluding hydrogens is 325 g/mol. The third kappa shape index (κ3) is 2.82. The van der Waals surface area contributed by atoms with Crippen molar-refractivity contribution in [2.24, 2.45) is 0 Å². The summed E-state index contributed by atoms with van der Waals surface area (Å²) in [5.41, 5.74) is 0.892. The van der Waals surface area contributed by atoms with Crippen LogP contribution in [-0.2, 0) is 5.88 Å². The number of ether oxygens (including phenoxy) is 1. The molecule has 0 unspecified atom stereocenters. The number of hydrogen-bond donors (Lipinski definition) is 0. The highest BCUT2D eigenvalue weighted by molar-refractivity contribution is 9.10. The standard InChI is InChI=1S/C13H8BrClF2O/c14-10-6-9(5-4-8(10)7-15)18-12-3-1-2-11(16)13(12)17/h1-6H,7H2. The highest BCUT2D eigenvalue weighted by Crippen LogP contribution is 2.29. The monoisotopic (exact) mass is 332 g/mol. The van der Waals surface area contributed by atoms with E-state index in [4.69, 9.17) is 16.3 Å². The first-order valence-electron chi connectivity index (χ1n) is 5.08. The van der Waals surface area contributed by atoms with Gasteiger partial charge in [0, 0.05) is 10.4 Å². The Kier molecular flexibility index (Phi) is 4.19. The first kappa shape index (κ1) is 13.3. The fraction of sp³-hybridized carbons (Fsp3) is 0.0769. The van der Waals surface area contributed by atoms with Gasteiger partial charge in [0.05, 0.1) is 0 Å². The normalized spacial score (nSPS) is 10.4. The summed E-state index contributed by atoms with van der Waals surface area (Å²) in [5.74, 6) is -1.34. The summed E-state index contributed by atoms with van der Waals surface area (Å²) < 4.78 is 32.4. The molecule has 94 valence electrons. The maximum atomic E-state index is 13.4. The van der Waals surface area contributed by atoms with Gasteiger partial charge in [-0.05, 0) is 29.8 Å². The quantitative estimate of drug-likeness (QED) is 0.696. The minimum Gasteiger partial charge on any atom is -0.454 e. The zero-order chi connectivity index (χ0) is 13.1. The molecule has 0 saturated heterocycles. The lowest BCUT2D eigenvalue weighted by molar-refractivity contribution is 0.416. The molecule has 0 atom stereocenters. The molecule has 0 N–H and O–H groups in total. The van der Waals surface area contributed by atoms with E-state index in [1.165, 1.54) is 12.1 Å². The molecule has 0 spiro atoms. The van der Waals surface area contributed by atoms with Crippen LogP contribution in [0, 0.1) is 11.6 Å². The second-order valence-corrected chi connectivity index (χ2v) is 4.66. The SMILES string of the molecule is Fc1cccc(Oc2ccc(CCl)c(Br)c2)c1F. The lowest BCUT2D eigenvalue weighted by Gasteiger charge is -2.08. The Labute approximate surface area is 116 Å². The van der Waals surface area contributed by atoms with E-state index >= 15 is 0 Å². The molecule has 2 aromatic carbocycles. The largest absolute Gasteiger partial charge is 0.454 e. The van der Waals surface area contributed by atoms with Gasteiger partial charge in [-0.15, -0.1) is 11.6 Å². The van der Waals surface area contributed by atoms with Gasteiger partial charge < -0.3 is 4.74 Å². The minimum atomic E-state index is -1.00. The van der Waals surface area contributed by atoms with Crippen molar-refractivity contribution < 1.29 is 13.5 Å². The number of benzene rings is 2. The summed E-state index contributed by atoms with van der Waals surface area (Å²) in [5, 5.41) is 0. The summed E-state index contributed by atoms with van der Waals surface area (Å²) in [6.45, 7) is 0. The van der Waals surface area contributed by atoms with Crippen molar-refractivity contribution in [2.75, 3.05) is 0 Å². The van der Waals surface area contributed by atoms with Crippen LogP contribution in [0.4, 0.5) is 8.78 Å². The Bertz CT molecular complexity index is 575. The third-order valence-electron chi connectivity index (χ3n) is 2.31. The number of halogens is 4. The predicted molar refractivity (Wildman–Crippen MR) is 70.1 cm³/mol. The highest BCUT2D eigenvalue weighted by atomic mass is 79.9. The summed E-state index contributed by atoms with van der Waals surface area (Å²) in [6.07, 6.45) is 0. The van der Waals surface area contributed by atoms with Crippen molar-refractivity contribution in [1.82, 2.24) is 0 Å². The van der Waals surface area contributed by atoms with Crippen molar-refractivity contribution in [1.29, 1.82) is 0 Å². The molecule has 18 heavy (non-hydrogen) atoms. The van der Waals surface area contributed by atoms with E-state index in [1.807, 2.05) is 0 Å². The highest BCUT2D eigenvalue weighted by Gasteiger charge is 2.10. The van der Waals surface area contributed by atoms with Gasteiger partial charge in [0.2, 0.25) is 5.82 Å². The average Bonchev–Trinajstić information content (AvgIpc) is 2.35. The van der Waals surface area contributed by atoms with Crippen molar-refractivity contribution in [3.63, 3.8) is 0 Å². The zero-order valence-electron chi connectivity index (χ0n) is 9.09. The molecule has 2 rings (SSSR count). The molecule has 1 nitrogen and oxygen atoms in total. The molecular formula is C13H8BrClF2O. The van der Waals surface area contributed by atoms with Crippen LogP contribution in [0.25, 0.3) is 0 Å². The Morgan fingerprint density at radius 2 is 1.94 bits per heavy atom. The van der Waals surface area contributed by atoms with E-state index in [-0.39, 0.29) is 5.75 Å². The predicted octanol–water partition coefficient (Wildman–Crippen LogP) is 5.26. The number of alkyl halides is 1. The maximum absolute atomic E-state index is 13.4. The maximum Gasteiger partial charge on any atom is 0.201 e. The van der Waals surface area contributed by atoms with Gasteiger partial charge in [-0.3, -0.25) is 0 Å². The fourth-order valence-electron chi connectivity index (χ4n) is 1.39. The van der Waals surface area contributed by atoms with Crippen molar-refractivity contribution in [3.8, 4) is 11.5 Å². The molecule has 0 radical (unpaired) electrons. The van der Waals surface area contributed by atoms with Crippen molar-refractivity contribution in [3.05, 3.63) is 58.1 Å². The minimum absolute atomic E-state index is 0.152.